The molecule has 0 spiro atoms. The van der Waals surface area contributed by atoms with Gasteiger partial charge in [-0.25, -0.2) is 0 Å². The Bertz CT molecular complexity index is 489. The van der Waals surface area contributed by atoms with Crippen molar-refractivity contribution in [2.24, 2.45) is 5.41 Å². The summed E-state index contributed by atoms with van der Waals surface area (Å²) in [6, 6.07) is 8.53. The zero-order valence-electron chi connectivity index (χ0n) is 10.9. The fraction of sp³-hybridized carbons (Fsp3) is 0.500. The largest absolute Gasteiger partial charge is 0.496 e. The molecule has 1 fully saturated rings. The van der Waals surface area contributed by atoms with Crippen LogP contribution >= 0.6 is 15.9 Å². The minimum Gasteiger partial charge on any atom is -0.496 e. The number of benzene rings is 1. The van der Waals surface area contributed by atoms with Gasteiger partial charge in [0, 0.05) is 10.0 Å². The molecule has 1 unspecified atom stereocenters. The number of nitriles is 1. The lowest BCUT2D eigenvalue weighted by Gasteiger charge is -2.30. The standard InChI is InChI=1S/C14H17BrN2O/c1-17(2)13(14(9-16)6-7-14)11-8-10(15)4-5-12(11)18-3/h4-5,8,13H,6-7H2,1-3H3. The Balaban J connectivity index is 2.50. The number of halogens is 1. The zero-order valence-corrected chi connectivity index (χ0v) is 12.5. The third-order valence-electron chi connectivity index (χ3n) is 3.54. The molecular weight excluding hydrogens is 292 g/mol. The predicted molar refractivity (Wildman–Crippen MR) is 74.4 cm³/mol. The molecule has 0 aromatic heterocycles. The van der Waals surface area contributed by atoms with Crippen LogP contribution in [0, 0.1) is 16.7 Å². The summed E-state index contributed by atoms with van der Waals surface area (Å²) in [5.74, 6) is 0.846. The fourth-order valence-corrected chi connectivity index (χ4v) is 2.95. The smallest absolute Gasteiger partial charge is 0.123 e. The van der Waals surface area contributed by atoms with E-state index in [0.29, 0.717) is 0 Å². The summed E-state index contributed by atoms with van der Waals surface area (Å²) >= 11 is 3.50. The molecule has 4 heteroatoms. The van der Waals surface area contributed by atoms with Crippen LogP contribution in [0.3, 0.4) is 0 Å². The first-order chi connectivity index (χ1) is 8.54. The Kier molecular flexibility index (Phi) is 3.65. The normalized spacial score (nSPS) is 18.2. The van der Waals surface area contributed by atoms with Crippen molar-refractivity contribution in [3.63, 3.8) is 0 Å². The van der Waals surface area contributed by atoms with E-state index in [2.05, 4.69) is 33.0 Å². The first kappa shape index (κ1) is 13.4. The van der Waals surface area contributed by atoms with Gasteiger partial charge in [-0.15, -0.1) is 0 Å². The molecule has 1 atom stereocenters. The molecule has 0 aliphatic heterocycles. The molecule has 0 amide bonds. The van der Waals surface area contributed by atoms with Crippen LogP contribution in [0.1, 0.15) is 24.4 Å². The van der Waals surface area contributed by atoms with E-state index in [0.717, 1.165) is 28.6 Å². The van der Waals surface area contributed by atoms with Crippen LogP contribution in [0.15, 0.2) is 22.7 Å². The lowest BCUT2D eigenvalue weighted by atomic mass is 9.89. The summed E-state index contributed by atoms with van der Waals surface area (Å²) in [7, 11) is 5.70. The summed E-state index contributed by atoms with van der Waals surface area (Å²) in [5, 5.41) is 9.44. The van der Waals surface area contributed by atoms with Gasteiger partial charge in [-0.2, -0.15) is 5.26 Å². The van der Waals surface area contributed by atoms with E-state index < -0.39 is 0 Å². The predicted octanol–water partition coefficient (Wildman–Crippen LogP) is 3.36. The molecule has 1 aromatic carbocycles. The summed E-state index contributed by atoms with van der Waals surface area (Å²) in [6.45, 7) is 0. The summed E-state index contributed by atoms with van der Waals surface area (Å²) < 4.78 is 6.45. The highest BCUT2D eigenvalue weighted by molar-refractivity contribution is 9.10. The molecule has 0 N–H and O–H groups in total. The van der Waals surface area contributed by atoms with Crippen molar-refractivity contribution in [2.45, 2.75) is 18.9 Å². The highest BCUT2D eigenvalue weighted by atomic mass is 79.9. The van der Waals surface area contributed by atoms with Crippen LogP contribution in [0.5, 0.6) is 5.75 Å². The van der Waals surface area contributed by atoms with Gasteiger partial charge < -0.3 is 9.64 Å². The highest BCUT2D eigenvalue weighted by Crippen LogP contribution is 2.57. The number of ether oxygens (including phenoxy) is 1. The van der Waals surface area contributed by atoms with Crippen molar-refractivity contribution < 1.29 is 4.74 Å². The van der Waals surface area contributed by atoms with Crippen LogP contribution in [-0.4, -0.2) is 26.1 Å². The van der Waals surface area contributed by atoms with Gasteiger partial charge in [-0.1, -0.05) is 15.9 Å². The number of rotatable bonds is 4. The first-order valence-corrected chi connectivity index (χ1v) is 6.74. The summed E-state index contributed by atoms with van der Waals surface area (Å²) in [4.78, 5) is 2.11. The molecule has 18 heavy (non-hydrogen) atoms. The third kappa shape index (κ3) is 2.25. The van der Waals surface area contributed by atoms with Crippen LogP contribution in [-0.2, 0) is 0 Å². The molecule has 3 nitrogen and oxygen atoms in total. The molecule has 0 saturated heterocycles. The summed E-state index contributed by atoms with van der Waals surface area (Å²) in [5.41, 5.74) is 0.827. The average Bonchev–Trinajstić information content (AvgIpc) is 3.10. The topological polar surface area (TPSA) is 36.3 Å². The van der Waals surface area contributed by atoms with Crippen molar-refractivity contribution in [3.8, 4) is 11.8 Å². The van der Waals surface area contributed by atoms with Crippen LogP contribution in [0.4, 0.5) is 0 Å². The second kappa shape index (κ2) is 4.91. The number of nitrogens with zero attached hydrogens (tertiary/aromatic N) is 2. The van der Waals surface area contributed by atoms with Gasteiger partial charge in [0.1, 0.15) is 5.75 Å². The molecule has 1 aliphatic rings. The number of methoxy groups -OCH3 is 1. The highest BCUT2D eigenvalue weighted by Gasteiger charge is 2.52. The Morgan fingerprint density at radius 2 is 2.11 bits per heavy atom. The van der Waals surface area contributed by atoms with Crippen LogP contribution < -0.4 is 4.74 Å². The lowest BCUT2D eigenvalue weighted by molar-refractivity contribution is 0.225. The lowest BCUT2D eigenvalue weighted by Crippen LogP contribution is -2.28. The molecule has 96 valence electrons. The second-order valence-electron chi connectivity index (χ2n) is 5.02. The van der Waals surface area contributed by atoms with Gasteiger partial charge in [-0.05, 0) is 45.1 Å². The molecule has 1 aromatic rings. The van der Waals surface area contributed by atoms with Crippen molar-refractivity contribution in [1.29, 1.82) is 5.26 Å². The maximum atomic E-state index is 9.44. The van der Waals surface area contributed by atoms with E-state index in [1.54, 1.807) is 7.11 Å². The molecule has 0 radical (unpaired) electrons. The van der Waals surface area contributed by atoms with Gasteiger partial charge >= 0.3 is 0 Å². The molecule has 2 rings (SSSR count). The van der Waals surface area contributed by atoms with Crippen molar-refractivity contribution in [3.05, 3.63) is 28.2 Å². The fourth-order valence-electron chi connectivity index (χ4n) is 2.57. The maximum Gasteiger partial charge on any atom is 0.123 e. The second-order valence-corrected chi connectivity index (χ2v) is 5.94. The molecule has 1 saturated carbocycles. The minimum atomic E-state index is -0.252. The minimum absolute atomic E-state index is 0.0787. The van der Waals surface area contributed by atoms with Gasteiger partial charge in [0.05, 0.1) is 24.6 Å². The van der Waals surface area contributed by atoms with Crippen molar-refractivity contribution in [2.75, 3.05) is 21.2 Å². The SMILES string of the molecule is COc1ccc(Br)cc1C(N(C)C)C1(C#N)CC1. The molecule has 0 bridgehead atoms. The van der Waals surface area contributed by atoms with Gasteiger partial charge in [0.25, 0.3) is 0 Å². The number of hydrogen-bond donors (Lipinski definition) is 0. The van der Waals surface area contributed by atoms with E-state index in [9.17, 15) is 5.26 Å². The monoisotopic (exact) mass is 308 g/mol. The Hall–Kier alpha value is -1.05. The van der Waals surface area contributed by atoms with Gasteiger partial charge in [0.15, 0.2) is 0 Å². The van der Waals surface area contributed by atoms with E-state index in [4.69, 9.17) is 4.74 Å². The van der Waals surface area contributed by atoms with E-state index in [1.165, 1.54) is 0 Å². The summed E-state index contributed by atoms with van der Waals surface area (Å²) in [6.07, 6.45) is 1.92. The molecular formula is C14H17BrN2O. The van der Waals surface area contributed by atoms with E-state index in [-0.39, 0.29) is 11.5 Å². The number of hydrogen-bond acceptors (Lipinski definition) is 3. The first-order valence-electron chi connectivity index (χ1n) is 5.95. The molecule has 1 aliphatic carbocycles. The van der Waals surface area contributed by atoms with Gasteiger partial charge in [0.2, 0.25) is 0 Å². The van der Waals surface area contributed by atoms with Crippen LogP contribution in [0.25, 0.3) is 0 Å². The third-order valence-corrected chi connectivity index (χ3v) is 4.03. The van der Waals surface area contributed by atoms with Gasteiger partial charge in [-0.3, -0.25) is 0 Å². The van der Waals surface area contributed by atoms with Crippen LogP contribution in [0.2, 0.25) is 0 Å². The zero-order chi connectivity index (χ0) is 13.3. The quantitative estimate of drug-likeness (QED) is 0.855. The average molecular weight is 309 g/mol. The Morgan fingerprint density at radius 1 is 1.44 bits per heavy atom. The van der Waals surface area contributed by atoms with Crippen molar-refractivity contribution >= 4 is 15.9 Å². The molecule has 0 heterocycles. The Labute approximate surface area is 116 Å². The van der Waals surface area contributed by atoms with E-state index in [1.807, 2.05) is 26.2 Å². The van der Waals surface area contributed by atoms with E-state index >= 15 is 0 Å². The Morgan fingerprint density at radius 3 is 2.56 bits per heavy atom. The maximum absolute atomic E-state index is 9.44. The van der Waals surface area contributed by atoms with Crippen molar-refractivity contribution in [1.82, 2.24) is 4.90 Å².